The third-order valence-corrected chi connectivity index (χ3v) is 8.49. The van der Waals surface area contributed by atoms with E-state index in [9.17, 15) is 22.0 Å². The van der Waals surface area contributed by atoms with Gasteiger partial charge in [0.2, 0.25) is 10.0 Å². The monoisotopic (exact) mass is 465 g/mol. The number of hydrogen-bond acceptors (Lipinski definition) is 4. The van der Waals surface area contributed by atoms with Crippen molar-refractivity contribution in [2.75, 3.05) is 13.1 Å². The van der Waals surface area contributed by atoms with Crippen molar-refractivity contribution < 1.29 is 22.0 Å². The Balaban J connectivity index is 1.61. The number of aryl methyl sites for hydroxylation is 1. The van der Waals surface area contributed by atoms with Gasteiger partial charge in [-0.2, -0.15) is 9.30 Å². The Labute approximate surface area is 182 Å². The second-order valence-corrected chi connectivity index (χ2v) is 10.7. The molecule has 2 aromatic carbocycles. The van der Waals surface area contributed by atoms with Crippen LogP contribution in [0.25, 0.3) is 10.2 Å². The second-order valence-electron chi connectivity index (χ2n) is 7.71. The number of thiazole rings is 1. The second kappa shape index (κ2) is 8.25. The molecule has 0 spiro atoms. The Morgan fingerprint density at radius 3 is 2.42 bits per heavy atom. The van der Waals surface area contributed by atoms with Crippen molar-refractivity contribution in [3.05, 3.63) is 58.4 Å². The van der Waals surface area contributed by atoms with Crippen LogP contribution >= 0.6 is 11.3 Å². The number of sulfonamides is 1. The molecular formula is C21H21F2N3O3S2. The SMILES string of the molecule is CC1CCN(S(=O)(=O)c2ccc(C(=O)N=c3sc4cc(F)cc(F)c4n3C)cc2)CC1. The van der Waals surface area contributed by atoms with Gasteiger partial charge in [-0.3, -0.25) is 4.79 Å². The molecule has 4 rings (SSSR count). The molecule has 0 atom stereocenters. The first kappa shape index (κ1) is 21.8. The normalized spacial score (nSPS) is 16.8. The average molecular weight is 466 g/mol. The molecule has 0 unspecified atom stereocenters. The molecule has 3 aromatic rings. The summed E-state index contributed by atoms with van der Waals surface area (Å²) < 4.78 is 56.4. The van der Waals surface area contributed by atoms with Crippen LogP contribution in [0.3, 0.4) is 0 Å². The Bertz CT molecular complexity index is 1320. The number of nitrogens with zero attached hydrogens (tertiary/aromatic N) is 3. The fourth-order valence-electron chi connectivity index (χ4n) is 3.60. The quantitative estimate of drug-likeness (QED) is 0.593. The van der Waals surface area contributed by atoms with Crippen LogP contribution in [0.1, 0.15) is 30.1 Å². The van der Waals surface area contributed by atoms with Crippen LogP contribution in [0.5, 0.6) is 0 Å². The number of rotatable bonds is 3. The van der Waals surface area contributed by atoms with E-state index >= 15 is 0 Å². The summed E-state index contributed by atoms with van der Waals surface area (Å²) >= 11 is 0.994. The maximum Gasteiger partial charge on any atom is 0.279 e. The lowest BCUT2D eigenvalue weighted by Crippen LogP contribution is -2.37. The van der Waals surface area contributed by atoms with Gasteiger partial charge in [-0.05, 0) is 49.1 Å². The third kappa shape index (κ3) is 4.19. The largest absolute Gasteiger partial charge is 0.317 e. The first-order valence-corrected chi connectivity index (χ1v) is 12.1. The zero-order valence-corrected chi connectivity index (χ0v) is 18.6. The Morgan fingerprint density at radius 1 is 1.13 bits per heavy atom. The van der Waals surface area contributed by atoms with E-state index in [0.717, 1.165) is 30.2 Å². The van der Waals surface area contributed by atoms with Gasteiger partial charge in [0, 0.05) is 31.8 Å². The molecule has 31 heavy (non-hydrogen) atoms. The van der Waals surface area contributed by atoms with E-state index in [1.54, 1.807) is 7.05 Å². The molecule has 1 amide bonds. The molecule has 0 N–H and O–H groups in total. The van der Waals surface area contributed by atoms with E-state index < -0.39 is 27.6 Å². The fraction of sp³-hybridized carbons (Fsp3) is 0.333. The van der Waals surface area contributed by atoms with E-state index in [1.165, 1.54) is 39.2 Å². The zero-order valence-electron chi connectivity index (χ0n) is 17.0. The lowest BCUT2D eigenvalue weighted by Gasteiger charge is -2.29. The standard InChI is InChI=1S/C21H21F2N3O3S2/c1-13-7-9-26(10-8-13)31(28,29)16-5-3-14(4-6-16)20(27)24-21-25(2)19-17(23)11-15(22)12-18(19)30-21/h3-6,11-13H,7-10H2,1-2H3. The number of carbonyl (C=O) groups is 1. The van der Waals surface area contributed by atoms with Crippen LogP contribution in [0.4, 0.5) is 8.78 Å². The van der Waals surface area contributed by atoms with Gasteiger partial charge in [-0.15, -0.1) is 0 Å². The van der Waals surface area contributed by atoms with Crippen LogP contribution in [-0.4, -0.2) is 36.3 Å². The summed E-state index contributed by atoms with van der Waals surface area (Å²) in [4.78, 5) is 17.0. The molecule has 0 aliphatic carbocycles. The van der Waals surface area contributed by atoms with E-state index in [0.29, 0.717) is 23.7 Å². The van der Waals surface area contributed by atoms with E-state index in [-0.39, 0.29) is 20.8 Å². The van der Waals surface area contributed by atoms with Gasteiger partial charge in [0.15, 0.2) is 10.6 Å². The Kier molecular flexibility index (Phi) is 5.80. The van der Waals surface area contributed by atoms with Crippen LogP contribution in [-0.2, 0) is 17.1 Å². The van der Waals surface area contributed by atoms with E-state index in [2.05, 4.69) is 11.9 Å². The summed E-state index contributed by atoms with van der Waals surface area (Å²) in [6.07, 6.45) is 1.65. The minimum Gasteiger partial charge on any atom is -0.317 e. The van der Waals surface area contributed by atoms with Crippen LogP contribution in [0, 0.1) is 17.6 Å². The Hall–Kier alpha value is -2.43. The van der Waals surface area contributed by atoms with Crippen LogP contribution in [0.15, 0.2) is 46.3 Å². The molecule has 0 bridgehead atoms. The summed E-state index contributed by atoms with van der Waals surface area (Å²) in [7, 11) is -2.06. The number of carbonyl (C=O) groups excluding carboxylic acids is 1. The molecule has 10 heteroatoms. The summed E-state index contributed by atoms with van der Waals surface area (Å²) in [5.41, 5.74) is 0.366. The third-order valence-electron chi connectivity index (χ3n) is 5.50. The highest BCUT2D eigenvalue weighted by molar-refractivity contribution is 7.89. The molecule has 2 heterocycles. The van der Waals surface area contributed by atoms with Gasteiger partial charge in [-0.1, -0.05) is 18.3 Å². The number of benzene rings is 2. The summed E-state index contributed by atoms with van der Waals surface area (Å²) in [5.74, 6) is -1.53. The Morgan fingerprint density at radius 2 is 1.77 bits per heavy atom. The summed E-state index contributed by atoms with van der Waals surface area (Å²) in [6, 6.07) is 7.60. The molecule has 1 fully saturated rings. The smallest absolute Gasteiger partial charge is 0.279 e. The summed E-state index contributed by atoms with van der Waals surface area (Å²) in [6.45, 7) is 3.08. The first-order chi connectivity index (χ1) is 14.7. The molecule has 6 nitrogen and oxygen atoms in total. The van der Waals surface area contributed by atoms with Crippen molar-refractivity contribution in [3.63, 3.8) is 0 Å². The van der Waals surface area contributed by atoms with Gasteiger partial charge >= 0.3 is 0 Å². The number of hydrogen-bond donors (Lipinski definition) is 0. The molecule has 1 aliphatic heterocycles. The molecule has 1 aromatic heterocycles. The first-order valence-electron chi connectivity index (χ1n) is 9.80. The molecule has 0 saturated carbocycles. The zero-order chi connectivity index (χ0) is 22.3. The predicted molar refractivity (Wildman–Crippen MR) is 114 cm³/mol. The summed E-state index contributed by atoms with van der Waals surface area (Å²) in [5, 5.41) is 0. The van der Waals surface area contributed by atoms with E-state index in [4.69, 9.17) is 0 Å². The van der Waals surface area contributed by atoms with E-state index in [1.807, 2.05) is 0 Å². The maximum absolute atomic E-state index is 14.1. The highest BCUT2D eigenvalue weighted by atomic mass is 32.2. The predicted octanol–water partition coefficient (Wildman–Crippen LogP) is 3.68. The van der Waals surface area contributed by atoms with Crippen molar-refractivity contribution in [2.45, 2.75) is 24.7 Å². The fourth-order valence-corrected chi connectivity index (χ4v) is 6.13. The van der Waals surface area contributed by atoms with Gasteiger partial charge in [0.1, 0.15) is 5.82 Å². The molecule has 1 aliphatic rings. The number of aromatic nitrogens is 1. The number of amides is 1. The maximum atomic E-state index is 14.1. The topological polar surface area (TPSA) is 71.7 Å². The number of fused-ring (bicyclic) bond motifs is 1. The lowest BCUT2D eigenvalue weighted by molar-refractivity contribution is 0.0998. The van der Waals surface area contributed by atoms with Crippen molar-refractivity contribution in [2.24, 2.45) is 18.0 Å². The number of piperidine rings is 1. The molecular weight excluding hydrogens is 444 g/mol. The van der Waals surface area contributed by atoms with Gasteiger partial charge in [0.25, 0.3) is 5.91 Å². The molecule has 0 radical (unpaired) electrons. The molecule has 1 saturated heterocycles. The van der Waals surface area contributed by atoms with Gasteiger partial charge in [0.05, 0.1) is 15.1 Å². The van der Waals surface area contributed by atoms with Gasteiger partial charge in [-0.25, -0.2) is 17.2 Å². The minimum absolute atomic E-state index is 0.128. The van der Waals surface area contributed by atoms with Crippen molar-refractivity contribution in [1.82, 2.24) is 8.87 Å². The van der Waals surface area contributed by atoms with Crippen LogP contribution < -0.4 is 4.80 Å². The number of halogens is 2. The average Bonchev–Trinajstić information content (AvgIpc) is 3.03. The minimum atomic E-state index is -3.61. The highest BCUT2D eigenvalue weighted by Gasteiger charge is 2.28. The van der Waals surface area contributed by atoms with Crippen molar-refractivity contribution in [3.8, 4) is 0 Å². The lowest BCUT2D eigenvalue weighted by atomic mass is 10.0. The van der Waals surface area contributed by atoms with Crippen molar-refractivity contribution >= 4 is 37.5 Å². The molecule has 164 valence electrons. The van der Waals surface area contributed by atoms with Crippen LogP contribution in [0.2, 0.25) is 0 Å². The highest BCUT2D eigenvalue weighted by Crippen LogP contribution is 2.24. The van der Waals surface area contributed by atoms with Gasteiger partial charge < -0.3 is 4.57 Å². The van der Waals surface area contributed by atoms with Crippen molar-refractivity contribution in [1.29, 1.82) is 0 Å².